The molecule has 2 atom stereocenters. The van der Waals surface area contributed by atoms with Crippen molar-refractivity contribution in [2.75, 3.05) is 11.5 Å². The van der Waals surface area contributed by atoms with Crippen molar-refractivity contribution in [3.05, 3.63) is 71.3 Å². The van der Waals surface area contributed by atoms with Crippen LogP contribution in [-0.2, 0) is 26.6 Å². The first-order valence-corrected chi connectivity index (χ1v) is 11.9. The van der Waals surface area contributed by atoms with Crippen molar-refractivity contribution in [2.24, 2.45) is 11.7 Å². The lowest BCUT2D eigenvalue weighted by Gasteiger charge is -2.20. The minimum absolute atomic E-state index is 0.0408. The lowest BCUT2D eigenvalue weighted by molar-refractivity contribution is -0.129. The monoisotopic (exact) mass is 444 g/mol. The number of hydrogen-bond donors (Lipinski definition) is 2. The molecule has 7 heteroatoms. The van der Waals surface area contributed by atoms with Crippen LogP contribution in [0.25, 0.3) is 0 Å². The van der Waals surface area contributed by atoms with Crippen LogP contribution in [0.5, 0.6) is 0 Å². The summed E-state index contributed by atoms with van der Waals surface area (Å²) in [7, 11) is 0. The minimum atomic E-state index is -0.756. The third kappa shape index (κ3) is 8.63. The van der Waals surface area contributed by atoms with Crippen molar-refractivity contribution >= 4 is 40.5 Å². The SMILES string of the molecule is CC(=O)SC[C@H](Cc1ccccc1)C(=O)N[C@@H](CSCc1ccc(C)cc1)C(N)=O. The Labute approximate surface area is 186 Å². The van der Waals surface area contributed by atoms with Crippen LogP contribution in [0.4, 0.5) is 0 Å². The minimum Gasteiger partial charge on any atom is -0.368 e. The summed E-state index contributed by atoms with van der Waals surface area (Å²) in [4.78, 5) is 36.2. The molecule has 0 saturated heterocycles. The predicted molar refractivity (Wildman–Crippen MR) is 125 cm³/mol. The van der Waals surface area contributed by atoms with Crippen LogP contribution in [0.1, 0.15) is 23.6 Å². The van der Waals surface area contributed by atoms with Crippen LogP contribution in [0.15, 0.2) is 54.6 Å². The lowest BCUT2D eigenvalue weighted by Crippen LogP contribution is -2.48. The second-order valence-corrected chi connectivity index (χ2v) is 9.38. The fraction of sp³-hybridized carbons (Fsp3) is 0.348. The molecule has 0 unspecified atom stereocenters. The summed E-state index contributed by atoms with van der Waals surface area (Å²) in [5.74, 6) is 0.244. The van der Waals surface area contributed by atoms with Crippen LogP contribution in [0.3, 0.4) is 0 Å². The molecule has 0 aliphatic carbocycles. The molecule has 3 N–H and O–H groups in total. The largest absolute Gasteiger partial charge is 0.368 e. The van der Waals surface area contributed by atoms with Gasteiger partial charge in [-0.05, 0) is 24.5 Å². The number of nitrogens with two attached hydrogens (primary N) is 1. The van der Waals surface area contributed by atoms with E-state index >= 15 is 0 Å². The summed E-state index contributed by atoms with van der Waals surface area (Å²) >= 11 is 2.67. The number of carbonyl (C=O) groups is 3. The van der Waals surface area contributed by atoms with E-state index in [9.17, 15) is 14.4 Å². The summed E-state index contributed by atoms with van der Waals surface area (Å²) in [6, 6.07) is 17.1. The van der Waals surface area contributed by atoms with Gasteiger partial charge in [-0.1, -0.05) is 71.9 Å². The van der Waals surface area contributed by atoms with Crippen molar-refractivity contribution < 1.29 is 14.4 Å². The highest BCUT2D eigenvalue weighted by Crippen LogP contribution is 2.18. The van der Waals surface area contributed by atoms with Crippen molar-refractivity contribution in [3.63, 3.8) is 0 Å². The van der Waals surface area contributed by atoms with Crippen LogP contribution in [-0.4, -0.2) is 34.5 Å². The van der Waals surface area contributed by atoms with Gasteiger partial charge in [0, 0.05) is 24.2 Å². The van der Waals surface area contributed by atoms with E-state index in [2.05, 4.69) is 17.4 Å². The number of hydrogen-bond acceptors (Lipinski definition) is 5. The quantitative estimate of drug-likeness (QED) is 0.555. The zero-order chi connectivity index (χ0) is 21.9. The van der Waals surface area contributed by atoms with Gasteiger partial charge >= 0.3 is 0 Å². The summed E-state index contributed by atoms with van der Waals surface area (Å²) < 4.78 is 0. The summed E-state index contributed by atoms with van der Waals surface area (Å²) in [5.41, 5.74) is 8.88. The Balaban J connectivity index is 1.96. The average molecular weight is 445 g/mol. The summed E-state index contributed by atoms with van der Waals surface area (Å²) in [6.45, 7) is 3.52. The molecule has 0 bridgehead atoms. The van der Waals surface area contributed by atoms with E-state index in [4.69, 9.17) is 5.73 Å². The van der Waals surface area contributed by atoms with Gasteiger partial charge < -0.3 is 11.1 Å². The van der Waals surface area contributed by atoms with Gasteiger partial charge in [0.15, 0.2) is 5.12 Å². The fourth-order valence-corrected chi connectivity index (χ4v) is 4.54. The molecule has 0 radical (unpaired) electrons. The third-order valence-electron chi connectivity index (χ3n) is 4.52. The van der Waals surface area contributed by atoms with E-state index < -0.39 is 17.9 Å². The molecule has 0 saturated carbocycles. The highest BCUT2D eigenvalue weighted by Gasteiger charge is 2.25. The van der Waals surface area contributed by atoms with Gasteiger partial charge in [-0.15, -0.1) is 0 Å². The maximum absolute atomic E-state index is 12.9. The Morgan fingerprint density at radius 1 is 0.967 bits per heavy atom. The second kappa shape index (κ2) is 12.4. The molecule has 2 amide bonds. The first-order chi connectivity index (χ1) is 14.3. The Morgan fingerprint density at radius 2 is 1.63 bits per heavy atom. The van der Waals surface area contributed by atoms with Gasteiger partial charge in [0.25, 0.3) is 0 Å². The second-order valence-electron chi connectivity index (χ2n) is 7.15. The van der Waals surface area contributed by atoms with E-state index in [1.54, 1.807) is 11.8 Å². The van der Waals surface area contributed by atoms with Crippen LogP contribution >= 0.6 is 23.5 Å². The molecule has 0 aliphatic rings. The summed E-state index contributed by atoms with van der Waals surface area (Å²) in [5, 5.41) is 2.76. The van der Waals surface area contributed by atoms with E-state index in [-0.39, 0.29) is 11.0 Å². The van der Waals surface area contributed by atoms with Gasteiger partial charge in [-0.25, -0.2) is 0 Å². The Hall–Kier alpha value is -2.25. The first kappa shape index (κ1) is 24.0. The average Bonchev–Trinajstić information content (AvgIpc) is 2.72. The number of thioether (sulfide) groups is 2. The van der Waals surface area contributed by atoms with Crippen LogP contribution in [0, 0.1) is 12.8 Å². The Morgan fingerprint density at radius 3 is 2.23 bits per heavy atom. The van der Waals surface area contributed by atoms with Crippen molar-refractivity contribution in [3.8, 4) is 0 Å². The Kier molecular flexibility index (Phi) is 9.97. The molecular formula is C23H28N2O3S2. The number of amides is 2. The van der Waals surface area contributed by atoms with Gasteiger partial charge in [0.1, 0.15) is 6.04 Å². The third-order valence-corrected chi connectivity index (χ3v) is 6.60. The number of carbonyl (C=O) groups excluding carboxylic acids is 3. The zero-order valence-corrected chi connectivity index (χ0v) is 18.9. The van der Waals surface area contributed by atoms with Crippen molar-refractivity contribution in [1.29, 1.82) is 0 Å². The topological polar surface area (TPSA) is 89.3 Å². The number of rotatable bonds is 11. The molecular weight excluding hydrogens is 416 g/mol. The molecule has 2 aromatic carbocycles. The smallest absolute Gasteiger partial charge is 0.240 e. The lowest BCUT2D eigenvalue weighted by atomic mass is 10.00. The Bertz CT molecular complexity index is 841. The molecule has 160 valence electrons. The molecule has 5 nitrogen and oxygen atoms in total. The highest BCUT2D eigenvalue weighted by molar-refractivity contribution is 8.13. The van der Waals surface area contributed by atoms with Gasteiger partial charge in [-0.3, -0.25) is 14.4 Å². The van der Waals surface area contributed by atoms with E-state index in [1.807, 2.05) is 49.4 Å². The van der Waals surface area contributed by atoms with Crippen molar-refractivity contribution in [1.82, 2.24) is 5.32 Å². The van der Waals surface area contributed by atoms with Gasteiger partial charge in [-0.2, -0.15) is 11.8 Å². The molecule has 0 fully saturated rings. The van der Waals surface area contributed by atoms with Crippen LogP contribution in [0.2, 0.25) is 0 Å². The maximum Gasteiger partial charge on any atom is 0.240 e. The predicted octanol–water partition coefficient (Wildman–Crippen LogP) is 3.34. The van der Waals surface area contributed by atoms with Gasteiger partial charge in [0.2, 0.25) is 11.8 Å². The van der Waals surface area contributed by atoms with E-state index in [0.717, 1.165) is 28.6 Å². The maximum atomic E-state index is 12.9. The molecule has 0 aliphatic heterocycles. The van der Waals surface area contributed by atoms with Crippen LogP contribution < -0.4 is 11.1 Å². The highest BCUT2D eigenvalue weighted by atomic mass is 32.2. The van der Waals surface area contributed by atoms with E-state index in [0.29, 0.717) is 17.9 Å². The van der Waals surface area contributed by atoms with Gasteiger partial charge in [0.05, 0.1) is 5.92 Å². The molecule has 0 aromatic heterocycles. The standard InChI is InChI=1S/C23H28N2O3S2/c1-16-8-10-19(11-9-16)13-29-15-21(22(24)27)25-23(28)20(14-30-17(2)26)12-18-6-4-3-5-7-18/h3-11,20-21H,12-15H2,1-2H3,(H2,24,27)(H,25,28)/t20-,21-/m0/s1. The molecule has 0 spiro atoms. The van der Waals surface area contributed by atoms with E-state index in [1.165, 1.54) is 12.5 Å². The molecule has 2 rings (SSSR count). The normalized spacial score (nSPS) is 12.7. The zero-order valence-electron chi connectivity index (χ0n) is 17.3. The number of aryl methyl sites for hydroxylation is 1. The molecule has 2 aromatic rings. The summed E-state index contributed by atoms with van der Waals surface area (Å²) in [6.07, 6.45) is 0.495. The fourth-order valence-electron chi connectivity index (χ4n) is 2.81. The first-order valence-electron chi connectivity index (χ1n) is 9.75. The number of benzene rings is 2. The van der Waals surface area contributed by atoms with Crippen molar-refractivity contribution in [2.45, 2.75) is 32.1 Å². The molecule has 30 heavy (non-hydrogen) atoms. The molecule has 0 heterocycles. The number of primary amides is 1. The number of nitrogens with one attached hydrogen (secondary N) is 1.